The molecule has 1 N–H and O–H groups in total. The summed E-state index contributed by atoms with van der Waals surface area (Å²) in [6.07, 6.45) is 5.19. The Morgan fingerprint density at radius 2 is 2.05 bits per heavy atom. The molecule has 1 saturated carbocycles. The number of nitrogens with zero attached hydrogens (tertiary/aromatic N) is 3. The highest BCUT2D eigenvalue weighted by Crippen LogP contribution is 2.28. The number of nitrogens with one attached hydrogen (secondary N) is 1. The molecule has 4 nitrogen and oxygen atoms in total. The van der Waals surface area contributed by atoms with Gasteiger partial charge in [-0.15, -0.1) is 0 Å². The Hall–Kier alpha value is -1.62. The molecule has 2 heterocycles. The fourth-order valence-corrected chi connectivity index (χ4v) is 4.07. The molecule has 116 valence electrons. The Labute approximate surface area is 136 Å². The van der Waals surface area contributed by atoms with Gasteiger partial charge >= 0.3 is 0 Å². The van der Waals surface area contributed by atoms with Gasteiger partial charge in [-0.05, 0) is 43.1 Å². The number of hydrogen-bond donors (Lipinski definition) is 1. The number of anilines is 1. The molecular weight excluding hydrogens is 292 g/mol. The van der Waals surface area contributed by atoms with Gasteiger partial charge in [0, 0.05) is 19.1 Å². The molecule has 0 radical (unpaired) electrons. The lowest BCUT2D eigenvalue weighted by atomic mass is 9.86. The normalized spacial score (nSPS) is 24.5. The molecular formula is C17H22N4S. The molecule has 0 bridgehead atoms. The zero-order valence-electron chi connectivity index (χ0n) is 13.0. The Balaban J connectivity index is 1.56. The van der Waals surface area contributed by atoms with Gasteiger partial charge in [0.15, 0.2) is 5.11 Å². The maximum Gasteiger partial charge on any atom is 0.213 e. The predicted molar refractivity (Wildman–Crippen MR) is 94.2 cm³/mol. The molecule has 0 spiro atoms. The summed E-state index contributed by atoms with van der Waals surface area (Å²) in [7, 11) is 0. The molecule has 22 heavy (non-hydrogen) atoms. The van der Waals surface area contributed by atoms with Crippen molar-refractivity contribution in [1.29, 1.82) is 0 Å². The molecule has 1 aliphatic carbocycles. The molecule has 0 saturated heterocycles. The molecule has 1 aromatic carbocycles. The summed E-state index contributed by atoms with van der Waals surface area (Å²) >= 11 is 5.69. The highest BCUT2D eigenvalue weighted by molar-refractivity contribution is 7.80. The predicted octanol–water partition coefficient (Wildman–Crippen LogP) is 3.31. The number of hydrogen-bond acceptors (Lipinski definition) is 2. The first-order valence-electron chi connectivity index (χ1n) is 8.27. The fraction of sp³-hybridized carbons (Fsp3) is 0.529. The van der Waals surface area contributed by atoms with E-state index in [1.807, 2.05) is 6.07 Å². The SMILES string of the molecule is CC1CCCCC1NC(=S)N1CCn2c1nc1ccccc12. The second-order valence-corrected chi connectivity index (χ2v) is 6.91. The van der Waals surface area contributed by atoms with Crippen molar-refractivity contribution in [3.05, 3.63) is 24.3 Å². The lowest BCUT2D eigenvalue weighted by Gasteiger charge is -2.32. The van der Waals surface area contributed by atoms with Crippen LogP contribution in [0.4, 0.5) is 5.95 Å². The molecule has 2 aromatic rings. The maximum absolute atomic E-state index is 5.69. The zero-order chi connectivity index (χ0) is 15.1. The Morgan fingerprint density at radius 3 is 2.91 bits per heavy atom. The van der Waals surface area contributed by atoms with Crippen molar-refractivity contribution in [3.63, 3.8) is 0 Å². The van der Waals surface area contributed by atoms with Gasteiger partial charge in [-0.2, -0.15) is 0 Å². The van der Waals surface area contributed by atoms with Crippen molar-refractivity contribution in [2.45, 2.75) is 45.2 Å². The Bertz CT molecular complexity index is 708. The van der Waals surface area contributed by atoms with E-state index in [0.717, 1.165) is 29.7 Å². The van der Waals surface area contributed by atoms with Gasteiger partial charge in [0.25, 0.3) is 0 Å². The summed E-state index contributed by atoms with van der Waals surface area (Å²) in [5.41, 5.74) is 2.25. The first-order chi connectivity index (χ1) is 10.7. The van der Waals surface area contributed by atoms with E-state index in [1.54, 1.807) is 0 Å². The van der Waals surface area contributed by atoms with Crippen LogP contribution in [0.3, 0.4) is 0 Å². The first-order valence-corrected chi connectivity index (χ1v) is 8.68. The van der Waals surface area contributed by atoms with Crippen molar-refractivity contribution in [3.8, 4) is 0 Å². The van der Waals surface area contributed by atoms with Gasteiger partial charge in [0.1, 0.15) is 0 Å². The maximum atomic E-state index is 5.69. The van der Waals surface area contributed by atoms with Gasteiger partial charge in [-0.3, -0.25) is 4.90 Å². The third-order valence-electron chi connectivity index (χ3n) is 5.09. The van der Waals surface area contributed by atoms with E-state index in [0.29, 0.717) is 12.0 Å². The summed E-state index contributed by atoms with van der Waals surface area (Å²) in [4.78, 5) is 6.93. The highest BCUT2D eigenvalue weighted by atomic mass is 32.1. The lowest BCUT2D eigenvalue weighted by molar-refractivity contribution is 0.309. The third-order valence-corrected chi connectivity index (χ3v) is 5.43. The van der Waals surface area contributed by atoms with E-state index >= 15 is 0 Å². The van der Waals surface area contributed by atoms with Crippen molar-refractivity contribution in [2.75, 3.05) is 11.4 Å². The molecule has 1 aliphatic heterocycles. The van der Waals surface area contributed by atoms with Crippen LogP contribution in [0.25, 0.3) is 11.0 Å². The smallest absolute Gasteiger partial charge is 0.213 e. The zero-order valence-corrected chi connectivity index (χ0v) is 13.8. The monoisotopic (exact) mass is 314 g/mol. The lowest BCUT2D eigenvalue weighted by Crippen LogP contribution is -2.47. The minimum atomic E-state index is 0.514. The Kier molecular flexibility index (Phi) is 3.53. The van der Waals surface area contributed by atoms with Crippen molar-refractivity contribution < 1.29 is 0 Å². The molecule has 5 heteroatoms. The minimum absolute atomic E-state index is 0.514. The standard InChI is InChI=1S/C17H22N4S/c1-12-6-2-3-7-13(12)19-17(22)21-11-10-20-15-9-5-4-8-14(15)18-16(20)21/h4-5,8-9,12-13H,2-3,6-7,10-11H2,1H3,(H,19,22). The largest absolute Gasteiger partial charge is 0.359 e. The minimum Gasteiger partial charge on any atom is -0.359 e. The van der Waals surface area contributed by atoms with Crippen LogP contribution >= 0.6 is 12.2 Å². The van der Waals surface area contributed by atoms with Crippen LogP contribution in [0, 0.1) is 5.92 Å². The van der Waals surface area contributed by atoms with E-state index in [9.17, 15) is 0 Å². The van der Waals surface area contributed by atoms with Crippen molar-refractivity contribution in [1.82, 2.24) is 14.9 Å². The quantitative estimate of drug-likeness (QED) is 0.819. The van der Waals surface area contributed by atoms with Gasteiger partial charge in [-0.25, -0.2) is 4.98 Å². The van der Waals surface area contributed by atoms with Crippen LogP contribution in [-0.2, 0) is 6.54 Å². The van der Waals surface area contributed by atoms with Crippen LogP contribution in [0.15, 0.2) is 24.3 Å². The Morgan fingerprint density at radius 1 is 1.23 bits per heavy atom. The molecule has 4 rings (SSSR count). The van der Waals surface area contributed by atoms with E-state index < -0.39 is 0 Å². The molecule has 0 amide bonds. The van der Waals surface area contributed by atoms with Crippen molar-refractivity contribution >= 4 is 34.3 Å². The highest BCUT2D eigenvalue weighted by Gasteiger charge is 2.29. The van der Waals surface area contributed by atoms with E-state index in [4.69, 9.17) is 17.2 Å². The van der Waals surface area contributed by atoms with E-state index in [2.05, 4.69) is 39.9 Å². The topological polar surface area (TPSA) is 33.1 Å². The van der Waals surface area contributed by atoms with Gasteiger partial charge in [0.05, 0.1) is 11.0 Å². The second kappa shape index (κ2) is 5.54. The summed E-state index contributed by atoms with van der Waals surface area (Å²) in [5.74, 6) is 1.69. The summed E-state index contributed by atoms with van der Waals surface area (Å²) in [6, 6.07) is 8.82. The van der Waals surface area contributed by atoms with Gasteiger partial charge in [-0.1, -0.05) is 31.9 Å². The van der Waals surface area contributed by atoms with E-state index in [1.165, 1.54) is 31.2 Å². The number of fused-ring (bicyclic) bond motifs is 3. The molecule has 2 unspecified atom stereocenters. The van der Waals surface area contributed by atoms with Crippen molar-refractivity contribution in [2.24, 2.45) is 5.92 Å². The van der Waals surface area contributed by atoms with Gasteiger partial charge < -0.3 is 9.88 Å². The van der Waals surface area contributed by atoms with Crippen LogP contribution in [-0.4, -0.2) is 27.3 Å². The van der Waals surface area contributed by atoms with Crippen LogP contribution in [0.5, 0.6) is 0 Å². The van der Waals surface area contributed by atoms with Crippen LogP contribution in [0.1, 0.15) is 32.6 Å². The molecule has 1 fully saturated rings. The third kappa shape index (κ3) is 2.28. The number of rotatable bonds is 1. The van der Waals surface area contributed by atoms with Crippen LogP contribution < -0.4 is 10.2 Å². The number of para-hydroxylation sites is 2. The molecule has 2 aliphatic rings. The number of imidazole rings is 1. The molecule has 2 atom stereocenters. The van der Waals surface area contributed by atoms with E-state index in [-0.39, 0.29) is 0 Å². The number of thiocarbonyl (C=S) groups is 1. The average molecular weight is 314 g/mol. The summed E-state index contributed by atoms with van der Waals surface area (Å²) in [6.45, 7) is 4.21. The first kappa shape index (κ1) is 14.0. The summed E-state index contributed by atoms with van der Waals surface area (Å²) in [5, 5.41) is 4.44. The summed E-state index contributed by atoms with van der Waals surface area (Å²) < 4.78 is 2.27. The average Bonchev–Trinajstić information content (AvgIpc) is 3.08. The van der Waals surface area contributed by atoms with Gasteiger partial charge in [0.2, 0.25) is 5.95 Å². The fourth-order valence-electron chi connectivity index (χ4n) is 3.75. The van der Waals surface area contributed by atoms with Crippen LogP contribution in [0.2, 0.25) is 0 Å². The molecule has 1 aromatic heterocycles. The number of aromatic nitrogens is 2. The second-order valence-electron chi connectivity index (χ2n) is 6.52. The number of benzene rings is 1.